The molecule has 2 aromatic carbocycles. The molecule has 0 atom stereocenters. The Labute approximate surface area is 129 Å². The molecule has 0 aromatic heterocycles. The van der Waals surface area contributed by atoms with Crippen LogP contribution in [0.2, 0.25) is 0 Å². The summed E-state index contributed by atoms with van der Waals surface area (Å²) in [4.78, 5) is 11.7. The number of urea groups is 1. The first-order valence-electron chi connectivity index (χ1n) is 7.19. The lowest BCUT2D eigenvalue weighted by Gasteiger charge is -2.09. The van der Waals surface area contributed by atoms with Crippen LogP contribution < -0.4 is 15.4 Å². The van der Waals surface area contributed by atoms with E-state index in [-0.39, 0.29) is 18.5 Å². The van der Waals surface area contributed by atoms with Gasteiger partial charge in [-0.2, -0.15) is 0 Å². The zero-order valence-electron chi connectivity index (χ0n) is 12.4. The van der Waals surface area contributed by atoms with Crippen molar-refractivity contribution < 1.29 is 13.9 Å². The molecule has 0 aliphatic heterocycles. The van der Waals surface area contributed by atoms with Crippen molar-refractivity contribution in [3.8, 4) is 5.75 Å². The molecule has 0 unspecified atom stereocenters. The Morgan fingerprint density at radius 3 is 2.64 bits per heavy atom. The lowest BCUT2D eigenvalue weighted by atomic mass is 10.1. The Morgan fingerprint density at radius 2 is 1.95 bits per heavy atom. The van der Waals surface area contributed by atoms with Crippen LogP contribution in [0.15, 0.2) is 48.5 Å². The first-order valence-corrected chi connectivity index (χ1v) is 7.19. The van der Waals surface area contributed by atoms with Gasteiger partial charge in [-0.25, -0.2) is 9.18 Å². The van der Waals surface area contributed by atoms with Gasteiger partial charge in [0.1, 0.15) is 18.2 Å². The molecule has 0 saturated heterocycles. The first kappa shape index (κ1) is 15.8. The van der Waals surface area contributed by atoms with E-state index in [0.717, 1.165) is 12.1 Å². The highest BCUT2D eigenvalue weighted by atomic mass is 19.1. The van der Waals surface area contributed by atoms with Crippen LogP contribution in [0.4, 0.5) is 14.9 Å². The molecule has 2 aromatic rings. The Bertz CT molecular complexity index is 614. The van der Waals surface area contributed by atoms with Gasteiger partial charge in [-0.1, -0.05) is 25.1 Å². The number of amides is 2. The molecule has 2 N–H and O–H groups in total. The molecule has 22 heavy (non-hydrogen) atoms. The second-order valence-corrected chi connectivity index (χ2v) is 4.74. The summed E-state index contributed by atoms with van der Waals surface area (Å²) in [5.41, 5.74) is 1.95. The van der Waals surface area contributed by atoms with Crippen molar-refractivity contribution >= 4 is 11.7 Å². The van der Waals surface area contributed by atoms with Crippen molar-refractivity contribution in [3.63, 3.8) is 0 Å². The minimum Gasteiger partial charge on any atom is -0.492 e. The minimum atomic E-state index is -0.348. The number of anilines is 1. The first-order chi connectivity index (χ1) is 10.7. The van der Waals surface area contributed by atoms with Gasteiger partial charge in [0.25, 0.3) is 0 Å². The van der Waals surface area contributed by atoms with Gasteiger partial charge in [0, 0.05) is 11.8 Å². The van der Waals surface area contributed by atoms with Crippen LogP contribution in [0.1, 0.15) is 12.5 Å². The van der Waals surface area contributed by atoms with Gasteiger partial charge in [-0.15, -0.1) is 0 Å². The maximum absolute atomic E-state index is 12.9. The third-order valence-electron chi connectivity index (χ3n) is 3.07. The Morgan fingerprint density at radius 1 is 1.18 bits per heavy atom. The summed E-state index contributed by atoms with van der Waals surface area (Å²) in [6, 6.07) is 13.3. The SMILES string of the molecule is CCc1ccc(NC(=O)NCCOc2cccc(F)c2)cc1. The zero-order valence-corrected chi connectivity index (χ0v) is 12.4. The van der Waals surface area contributed by atoms with Crippen molar-refractivity contribution in [1.29, 1.82) is 0 Å². The number of nitrogens with one attached hydrogen (secondary N) is 2. The molecule has 0 aliphatic carbocycles. The van der Waals surface area contributed by atoms with E-state index in [9.17, 15) is 9.18 Å². The van der Waals surface area contributed by atoms with Crippen LogP contribution >= 0.6 is 0 Å². The Balaban J connectivity index is 1.69. The number of hydrogen-bond acceptors (Lipinski definition) is 2. The zero-order chi connectivity index (χ0) is 15.8. The largest absolute Gasteiger partial charge is 0.492 e. The number of rotatable bonds is 6. The van der Waals surface area contributed by atoms with Crippen LogP contribution in [0, 0.1) is 5.82 Å². The molecule has 2 rings (SSSR count). The summed E-state index contributed by atoms with van der Waals surface area (Å²) in [5, 5.41) is 5.41. The fraction of sp³-hybridized carbons (Fsp3) is 0.235. The van der Waals surface area contributed by atoms with Crippen molar-refractivity contribution in [2.24, 2.45) is 0 Å². The van der Waals surface area contributed by atoms with Gasteiger partial charge in [-0.05, 0) is 36.2 Å². The van der Waals surface area contributed by atoms with E-state index in [2.05, 4.69) is 17.6 Å². The highest BCUT2D eigenvalue weighted by Gasteiger charge is 2.01. The van der Waals surface area contributed by atoms with Crippen molar-refractivity contribution in [3.05, 3.63) is 59.9 Å². The molecule has 5 heteroatoms. The lowest BCUT2D eigenvalue weighted by Crippen LogP contribution is -2.32. The minimum absolute atomic E-state index is 0.269. The number of aryl methyl sites for hydroxylation is 1. The summed E-state index contributed by atoms with van der Waals surface area (Å²) in [5.74, 6) is 0.0936. The van der Waals surface area contributed by atoms with Crippen LogP contribution in [0.25, 0.3) is 0 Å². The number of halogens is 1. The van der Waals surface area contributed by atoms with E-state index in [1.165, 1.54) is 17.7 Å². The number of hydrogen-bond donors (Lipinski definition) is 2. The molecule has 0 aliphatic rings. The van der Waals surface area contributed by atoms with Gasteiger partial charge in [0.05, 0.1) is 6.54 Å². The number of ether oxygens (including phenoxy) is 1. The monoisotopic (exact) mass is 302 g/mol. The number of carbonyl (C=O) groups is 1. The smallest absolute Gasteiger partial charge is 0.319 e. The third kappa shape index (κ3) is 5.09. The second kappa shape index (κ2) is 8.02. The predicted molar refractivity (Wildman–Crippen MR) is 84.7 cm³/mol. The fourth-order valence-electron chi connectivity index (χ4n) is 1.89. The van der Waals surface area contributed by atoms with Crippen molar-refractivity contribution in [2.75, 3.05) is 18.5 Å². The quantitative estimate of drug-likeness (QED) is 0.801. The predicted octanol–water partition coefficient (Wildman–Crippen LogP) is 3.59. The van der Waals surface area contributed by atoms with Crippen LogP contribution in [0.3, 0.4) is 0 Å². The molecule has 116 valence electrons. The second-order valence-electron chi connectivity index (χ2n) is 4.74. The molecule has 4 nitrogen and oxygen atoms in total. The highest BCUT2D eigenvalue weighted by molar-refractivity contribution is 5.89. The van der Waals surface area contributed by atoms with Gasteiger partial charge in [0.2, 0.25) is 0 Å². The molecule has 0 fully saturated rings. The lowest BCUT2D eigenvalue weighted by molar-refractivity contribution is 0.247. The summed E-state index contributed by atoms with van der Waals surface area (Å²) >= 11 is 0. The standard InChI is InChI=1S/C17H19FN2O2/c1-2-13-6-8-15(9-7-13)20-17(21)19-10-11-22-16-5-3-4-14(18)12-16/h3-9,12H,2,10-11H2,1H3,(H2,19,20,21). The third-order valence-corrected chi connectivity index (χ3v) is 3.07. The summed E-state index contributed by atoms with van der Waals surface area (Å²) < 4.78 is 18.3. The summed E-state index contributed by atoms with van der Waals surface area (Å²) in [7, 11) is 0. The van der Waals surface area contributed by atoms with E-state index >= 15 is 0 Å². The molecule has 0 spiro atoms. The summed E-state index contributed by atoms with van der Waals surface area (Å²) in [6.07, 6.45) is 0.962. The molecular weight excluding hydrogens is 283 g/mol. The van der Waals surface area contributed by atoms with Crippen molar-refractivity contribution in [1.82, 2.24) is 5.32 Å². The van der Waals surface area contributed by atoms with Crippen molar-refractivity contribution in [2.45, 2.75) is 13.3 Å². The van der Waals surface area contributed by atoms with Crippen LogP contribution in [-0.2, 0) is 6.42 Å². The van der Waals surface area contributed by atoms with E-state index in [1.807, 2.05) is 24.3 Å². The average Bonchev–Trinajstić information content (AvgIpc) is 2.52. The summed E-state index contributed by atoms with van der Waals surface area (Å²) in [6.45, 7) is 2.68. The normalized spacial score (nSPS) is 10.1. The number of carbonyl (C=O) groups excluding carboxylic acids is 1. The van der Waals surface area contributed by atoms with E-state index in [4.69, 9.17) is 4.74 Å². The van der Waals surface area contributed by atoms with Gasteiger partial charge < -0.3 is 15.4 Å². The molecule has 0 radical (unpaired) electrons. The highest BCUT2D eigenvalue weighted by Crippen LogP contribution is 2.11. The maximum atomic E-state index is 12.9. The van der Waals surface area contributed by atoms with E-state index in [1.54, 1.807) is 12.1 Å². The van der Waals surface area contributed by atoms with E-state index in [0.29, 0.717) is 12.3 Å². The van der Waals surface area contributed by atoms with Gasteiger partial charge >= 0.3 is 6.03 Å². The topological polar surface area (TPSA) is 50.4 Å². The van der Waals surface area contributed by atoms with Gasteiger partial charge in [-0.3, -0.25) is 0 Å². The average molecular weight is 302 g/mol. The van der Waals surface area contributed by atoms with Crippen LogP contribution in [0.5, 0.6) is 5.75 Å². The Kier molecular flexibility index (Phi) is 5.77. The maximum Gasteiger partial charge on any atom is 0.319 e. The van der Waals surface area contributed by atoms with Gasteiger partial charge in [0.15, 0.2) is 0 Å². The number of benzene rings is 2. The van der Waals surface area contributed by atoms with Crippen LogP contribution in [-0.4, -0.2) is 19.2 Å². The molecular formula is C17H19FN2O2. The van der Waals surface area contributed by atoms with E-state index < -0.39 is 0 Å². The Hall–Kier alpha value is -2.56. The fourth-order valence-corrected chi connectivity index (χ4v) is 1.89. The molecule has 0 bridgehead atoms. The molecule has 0 saturated carbocycles. The molecule has 0 heterocycles. The molecule has 2 amide bonds.